The summed E-state index contributed by atoms with van der Waals surface area (Å²) in [4.78, 5) is 21.1. The van der Waals surface area contributed by atoms with Crippen LogP contribution in [0.3, 0.4) is 0 Å². The van der Waals surface area contributed by atoms with E-state index in [4.69, 9.17) is 0 Å². The maximum Gasteiger partial charge on any atom is 0.407 e. The molecule has 0 saturated heterocycles. The van der Waals surface area contributed by atoms with Crippen LogP contribution in [0.2, 0.25) is 0 Å². The van der Waals surface area contributed by atoms with Crippen LogP contribution in [0.1, 0.15) is 0 Å². The number of carbonyl (C=O) groups excluding carboxylic acids is 2. The number of rotatable bonds is 4. The Balaban J connectivity index is 3.36. The topological polar surface area (TPSA) is 76.7 Å². The van der Waals surface area contributed by atoms with Gasteiger partial charge >= 0.3 is 12.2 Å². The van der Waals surface area contributed by atoms with Gasteiger partial charge in [0.2, 0.25) is 0 Å². The Kier molecular flexibility index (Phi) is 6.93. The molecule has 0 aliphatic rings. The lowest BCUT2D eigenvalue weighted by Gasteiger charge is -1.99. The van der Waals surface area contributed by atoms with Crippen molar-refractivity contribution in [2.45, 2.75) is 0 Å². The average Bonchev–Trinajstić information content (AvgIpc) is 2.22. The molecule has 0 aliphatic heterocycles. The van der Waals surface area contributed by atoms with E-state index in [0.717, 1.165) is 0 Å². The summed E-state index contributed by atoms with van der Waals surface area (Å²) in [5, 5.41) is 4.89. The van der Waals surface area contributed by atoms with Crippen LogP contribution in [-0.4, -0.2) is 39.5 Å². The highest BCUT2D eigenvalue weighted by molar-refractivity contribution is 5.67. The molecule has 2 amide bonds. The summed E-state index contributed by atoms with van der Waals surface area (Å²) in [7, 11) is 2.58. The Morgan fingerprint density at radius 1 is 1.00 bits per heavy atom. The minimum Gasteiger partial charge on any atom is -0.453 e. The molecule has 0 radical (unpaired) electrons. The van der Waals surface area contributed by atoms with E-state index >= 15 is 0 Å². The van der Waals surface area contributed by atoms with Gasteiger partial charge in [0.25, 0.3) is 0 Å². The van der Waals surface area contributed by atoms with E-state index in [9.17, 15) is 9.59 Å². The first-order valence-electron chi connectivity index (χ1n) is 3.99. The predicted molar refractivity (Wildman–Crippen MR) is 50.0 cm³/mol. The summed E-state index contributed by atoms with van der Waals surface area (Å²) in [6.45, 7) is 0.713. The first kappa shape index (κ1) is 12.3. The van der Waals surface area contributed by atoms with Crippen LogP contribution in [0.25, 0.3) is 0 Å². The molecule has 0 heterocycles. The Hall–Kier alpha value is -1.72. The van der Waals surface area contributed by atoms with Gasteiger partial charge in [0.1, 0.15) is 0 Å². The Labute approximate surface area is 82.3 Å². The molecule has 0 unspecified atom stereocenters. The van der Waals surface area contributed by atoms with Gasteiger partial charge in [-0.25, -0.2) is 9.59 Å². The number of alkyl carbamates (subject to hydrolysis) is 2. The molecule has 0 rings (SSSR count). The molecule has 0 aromatic rings. The van der Waals surface area contributed by atoms with Crippen LogP contribution >= 0.6 is 0 Å². The molecular weight excluding hydrogens is 188 g/mol. The molecule has 0 aliphatic carbocycles. The van der Waals surface area contributed by atoms with E-state index in [2.05, 4.69) is 20.1 Å². The molecule has 0 saturated carbocycles. The van der Waals surface area contributed by atoms with Gasteiger partial charge in [-0.15, -0.1) is 0 Å². The summed E-state index contributed by atoms with van der Waals surface area (Å²) in [5.74, 6) is 0. The highest BCUT2D eigenvalue weighted by Gasteiger charge is 1.94. The molecule has 0 spiro atoms. The summed E-state index contributed by atoms with van der Waals surface area (Å²) in [5.41, 5.74) is 0. The molecule has 0 aromatic carbocycles. The lowest BCUT2D eigenvalue weighted by molar-refractivity contribution is 0.171. The molecule has 0 fully saturated rings. The van der Waals surface area contributed by atoms with Gasteiger partial charge in [-0.05, 0) is 0 Å². The third kappa shape index (κ3) is 6.96. The van der Waals surface area contributed by atoms with E-state index in [-0.39, 0.29) is 0 Å². The van der Waals surface area contributed by atoms with Crippen LogP contribution in [0.5, 0.6) is 0 Å². The minimum absolute atomic E-state index is 0.357. The highest BCUT2D eigenvalue weighted by atomic mass is 16.5. The summed E-state index contributed by atoms with van der Waals surface area (Å²) >= 11 is 0. The zero-order valence-electron chi connectivity index (χ0n) is 8.20. The van der Waals surface area contributed by atoms with Gasteiger partial charge in [-0.3, -0.25) is 0 Å². The number of methoxy groups -OCH3 is 2. The van der Waals surface area contributed by atoms with Crippen molar-refractivity contribution in [1.29, 1.82) is 0 Å². The SMILES string of the molecule is COC(=O)NCC=CCNC(=O)OC. The van der Waals surface area contributed by atoms with Crippen molar-refractivity contribution < 1.29 is 19.1 Å². The maximum atomic E-state index is 10.5. The first-order valence-corrected chi connectivity index (χ1v) is 3.99. The number of hydrogen-bond donors (Lipinski definition) is 2. The van der Waals surface area contributed by atoms with Crippen LogP contribution < -0.4 is 10.6 Å². The average molecular weight is 202 g/mol. The Morgan fingerprint density at radius 3 is 1.64 bits per heavy atom. The summed E-state index contributed by atoms with van der Waals surface area (Å²) < 4.78 is 8.68. The second kappa shape index (κ2) is 7.90. The molecular formula is C8H14N2O4. The zero-order valence-corrected chi connectivity index (χ0v) is 8.20. The van der Waals surface area contributed by atoms with Crippen molar-refractivity contribution in [2.24, 2.45) is 0 Å². The van der Waals surface area contributed by atoms with Gasteiger partial charge in [0.15, 0.2) is 0 Å². The van der Waals surface area contributed by atoms with E-state index in [1.807, 2.05) is 0 Å². The van der Waals surface area contributed by atoms with Crippen LogP contribution in [0.4, 0.5) is 9.59 Å². The van der Waals surface area contributed by atoms with Crippen molar-refractivity contribution >= 4 is 12.2 Å². The second-order valence-electron chi connectivity index (χ2n) is 2.22. The number of amides is 2. The van der Waals surface area contributed by atoms with Gasteiger partial charge < -0.3 is 20.1 Å². The van der Waals surface area contributed by atoms with Crippen molar-refractivity contribution in [1.82, 2.24) is 10.6 Å². The van der Waals surface area contributed by atoms with Gasteiger partial charge in [0, 0.05) is 13.1 Å². The van der Waals surface area contributed by atoms with E-state index in [0.29, 0.717) is 13.1 Å². The predicted octanol–water partition coefficient (Wildman–Crippen LogP) is 0.255. The zero-order chi connectivity index (χ0) is 10.8. The summed E-state index contributed by atoms with van der Waals surface area (Å²) in [6, 6.07) is 0. The van der Waals surface area contributed by atoms with Crippen LogP contribution in [-0.2, 0) is 9.47 Å². The fraction of sp³-hybridized carbons (Fsp3) is 0.500. The van der Waals surface area contributed by atoms with Crippen molar-refractivity contribution in [3.8, 4) is 0 Å². The smallest absolute Gasteiger partial charge is 0.407 e. The van der Waals surface area contributed by atoms with E-state index < -0.39 is 12.2 Å². The quantitative estimate of drug-likeness (QED) is 0.641. The van der Waals surface area contributed by atoms with Gasteiger partial charge in [0.05, 0.1) is 14.2 Å². The van der Waals surface area contributed by atoms with Crippen LogP contribution in [0.15, 0.2) is 12.2 Å². The number of nitrogens with one attached hydrogen (secondary N) is 2. The Bertz CT molecular complexity index is 193. The third-order valence-electron chi connectivity index (χ3n) is 1.27. The number of carbonyl (C=O) groups is 2. The molecule has 80 valence electrons. The molecule has 14 heavy (non-hydrogen) atoms. The minimum atomic E-state index is -0.490. The van der Waals surface area contributed by atoms with Crippen molar-refractivity contribution in [3.05, 3.63) is 12.2 Å². The normalized spacial score (nSPS) is 9.57. The number of hydrogen-bond acceptors (Lipinski definition) is 4. The lowest BCUT2D eigenvalue weighted by Crippen LogP contribution is -2.24. The molecule has 0 atom stereocenters. The van der Waals surface area contributed by atoms with Crippen LogP contribution in [0, 0.1) is 0 Å². The van der Waals surface area contributed by atoms with Crippen molar-refractivity contribution in [2.75, 3.05) is 27.3 Å². The molecule has 2 N–H and O–H groups in total. The fourth-order valence-electron chi connectivity index (χ4n) is 0.596. The molecule has 0 aromatic heterocycles. The molecule has 0 bridgehead atoms. The molecule has 6 nitrogen and oxygen atoms in total. The molecule has 6 heteroatoms. The van der Waals surface area contributed by atoms with Gasteiger partial charge in [-0.2, -0.15) is 0 Å². The van der Waals surface area contributed by atoms with Gasteiger partial charge in [-0.1, -0.05) is 12.2 Å². The largest absolute Gasteiger partial charge is 0.453 e. The monoisotopic (exact) mass is 202 g/mol. The van der Waals surface area contributed by atoms with Crippen molar-refractivity contribution in [3.63, 3.8) is 0 Å². The number of ether oxygens (including phenoxy) is 2. The standard InChI is InChI=1S/C8H14N2O4/c1-13-7(11)9-5-3-4-6-10-8(12)14-2/h3-4H,5-6H2,1-2H3,(H,9,11)(H,10,12). The maximum absolute atomic E-state index is 10.5. The first-order chi connectivity index (χ1) is 6.70. The highest BCUT2D eigenvalue weighted by Crippen LogP contribution is 1.75. The fourth-order valence-corrected chi connectivity index (χ4v) is 0.596. The van der Waals surface area contributed by atoms with E-state index in [1.165, 1.54) is 14.2 Å². The van der Waals surface area contributed by atoms with E-state index in [1.54, 1.807) is 12.2 Å². The Morgan fingerprint density at radius 2 is 1.36 bits per heavy atom. The third-order valence-corrected chi connectivity index (χ3v) is 1.27. The summed E-state index contributed by atoms with van der Waals surface area (Å²) in [6.07, 6.45) is 2.39. The lowest BCUT2D eigenvalue weighted by atomic mass is 10.5. The second-order valence-corrected chi connectivity index (χ2v) is 2.22.